The van der Waals surface area contributed by atoms with Gasteiger partial charge in [0.2, 0.25) is 0 Å². The molecule has 120 valence electrons. The van der Waals surface area contributed by atoms with Gasteiger partial charge in [0, 0.05) is 47.6 Å². The third-order valence-electron chi connectivity index (χ3n) is 3.25. The molecule has 0 saturated heterocycles. The first kappa shape index (κ1) is 19.0. The maximum atomic E-state index is 12.5. The molecule has 0 saturated carbocycles. The molecule has 0 aliphatic carbocycles. The van der Waals surface area contributed by atoms with E-state index in [2.05, 4.69) is 0 Å². The first-order valence-corrected chi connectivity index (χ1v) is 7.19. The Morgan fingerprint density at radius 3 is 2.64 bits per heavy atom. The van der Waals surface area contributed by atoms with Gasteiger partial charge >= 0.3 is 0 Å². The van der Waals surface area contributed by atoms with Crippen LogP contribution < -0.4 is 5.73 Å². The van der Waals surface area contributed by atoms with Gasteiger partial charge in [-0.25, -0.2) is 0 Å². The van der Waals surface area contributed by atoms with Crippen molar-refractivity contribution in [2.24, 2.45) is 12.8 Å². The third-order valence-corrected chi connectivity index (χ3v) is 3.80. The Morgan fingerprint density at radius 1 is 1.36 bits per heavy atom. The summed E-state index contributed by atoms with van der Waals surface area (Å²) in [4.78, 5) is 12.5. The van der Waals surface area contributed by atoms with Crippen LogP contribution in [-0.2, 0) is 13.5 Å². The topological polar surface area (TPSA) is 68.2 Å². The summed E-state index contributed by atoms with van der Waals surface area (Å²) < 4.78 is 1.83. The molecule has 0 aliphatic heterocycles. The number of aliphatic hydroxyl groups is 1. The molecule has 0 amide bonds. The normalized spacial score (nSPS) is 11.9. The number of halogens is 3. The number of nitrogens with two attached hydrogens (primary N) is 1. The highest BCUT2D eigenvalue weighted by Crippen LogP contribution is 2.24. The van der Waals surface area contributed by atoms with Crippen molar-refractivity contribution >= 4 is 41.4 Å². The van der Waals surface area contributed by atoms with Gasteiger partial charge in [0.15, 0.2) is 5.78 Å². The summed E-state index contributed by atoms with van der Waals surface area (Å²) in [6.45, 7) is -0.0997. The minimum absolute atomic E-state index is 0. The lowest BCUT2D eigenvalue weighted by Gasteiger charge is -2.08. The summed E-state index contributed by atoms with van der Waals surface area (Å²) in [6.07, 6.45) is 2.22. The van der Waals surface area contributed by atoms with E-state index in [-0.39, 0.29) is 30.8 Å². The molecule has 1 aromatic carbocycles. The molecule has 2 aromatic rings. The number of hydrogen-bond acceptors (Lipinski definition) is 3. The summed E-state index contributed by atoms with van der Waals surface area (Å²) in [5, 5.41) is 9.82. The fraction of sp³-hybridized carbons (Fsp3) is 0.267. The zero-order valence-corrected chi connectivity index (χ0v) is 14.3. The van der Waals surface area contributed by atoms with Gasteiger partial charge in [0.05, 0.1) is 11.6 Å². The molecule has 7 heteroatoms. The minimum atomic E-state index is -0.347. The summed E-state index contributed by atoms with van der Waals surface area (Å²) >= 11 is 11.9. The molecule has 22 heavy (non-hydrogen) atoms. The van der Waals surface area contributed by atoms with Gasteiger partial charge in [-0.15, -0.1) is 12.4 Å². The van der Waals surface area contributed by atoms with Crippen molar-refractivity contribution < 1.29 is 9.90 Å². The monoisotopic (exact) mass is 362 g/mol. The second-order valence-corrected chi connectivity index (χ2v) is 5.77. The van der Waals surface area contributed by atoms with E-state index in [1.54, 1.807) is 30.5 Å². The average Bonchev–Trinajstić information content (AvgIpc) is 2.79. The number of hydrogen-bond donors (Lipinski definition) is 2. The number of aromatic nitrogens is 1. The zero-order valence-electron chi connectivity index (χ0n) is 11.9. The molecule has 0 aliphatic rings. The summed E-state index contributed by atoms with van der Waals surface area (Å²) in [6, 6.07) is 6.20. The lowest BCUT2D eigenvalue weighted by Crippen LogP contribution is -2.27. The van der Waals surface area contributed by atoms with Crippen LogP contribution in [0.2, 0.25) is 10.0 Å². The van der Waals surface area contributed by atoms with Crippen molar-refractivity contribution in [2.45, 2.75) is 12.5 Å². The molecule has 1 unspecified atom stereocenters. The van der Waals surface area contributed by atoms with E-state index in [1.165, 1.54) is 0 Å². The van der Waals surface area contributed by atoms with Crippen molar-refractivity contribution in [2.75, 3.05) is 6.61 Å². The first-order chi connectivity index (χ1) is 9.92. The van der Waals surface area contributed by atoms with Crippen LogP contribution in [0.5, 0.6) is 0 Å². The lowest BCUT2D eigenvalue weighted by atomic mass is 10.1. The Bertz CT molecular complexity index is 671. The SMILES string of the molecule is Cl.Cn1cc(C(=O)c2ccc(Cl)cc2Cl)cc1CC(N)CO. The number of ketones is 1. The zero-order chi connectivity index (χ0) is 15.6. The largest absolute Gasteiger partial charge is 0.395 e. The summed E-state index contributed by atoms with van der Waals surface area (Å²) in [7, 11) is 1.83. The van der Waals surface area contributed by atoms with Crippen LogP contribution in [0.1, 0.15) is 21.6 Å². The number of carbonyl (C=O) groups excluding carboxylic acids is 1. The van der Waals surface area contributed by atoms with E-state index in [1.807, 2.05) is 11.6 Å². The first-order valence-electron chi connectivity index (χ1n) is 6.43. The van der Waals surface area contributed by atoms with Crippen LogP contribution in [0.25, 0.3) is 0 Å². The number of aryl methyl sites for hydroxylation is 1. The highest BCUT2D eigenvalue weighted by Gasteiger charge is 2.17. The second-order valence-electron chi connectivity index (χ2n) is 4.93. The summed E-state index contributed by atoms with van der Waals surface area (Å²) in [5.41, 5.74) is 7.54. The van der Waals surface area contributed by atoms with Crippen LogP contribution >= 0.6 is 35.6 Å². The van der Waals surface area contributed by atoms with E-state index >= 15 is 0 Å². The van der Waals surface area contributed by atoms with E-state index in [4.69, 9.17) is 34.0 Å². The van der Waals surface area contributed by atoms with Gasteiger partial charge in [-0.2, -0.15) is 0 Å². The van der Waals surface area contributed by atoms with Crippen LogP contribution in [0, 0.1) is 0 Å². The highest BCUT2D eigenvalue weighted by atomic mass is 35.5. The van der Waals surface area contributed by atoms with E-state index < -0.39 is 0 Å². The predicted octanol–water partition coefficient (Wildman–Crippen LogP) is 2.85. The molecular weight excluding hydrogens is 347 g/mol. The third kappa shape index (κ3) is 4.24. The summed E-state index contributed by atoms with van der Waals surface area (Å²) in [5.74, 6) is -0.170. The maximum Gasteiger partial charge on any atom is 0.196 e. The number of rotatable bonds is 5. The quantitative estimate of drug-likeness (QED) is 0.803. The van der Waals surface area contributed by atoms with E-state index in [0.29, 0.717) is 27.6 Å². The molecule has 0 spiro atoms. The van der Waals surface area contributed by atoms with E-state index in [0.717, 1.165) is 5.69 Å². The lowest BCUT2D eigenvalue weighted by molar-refractivity contribution is 0.103. The Balaban J connectivity index is 0.00000242. The van der Waals surface area contributed by atoms with Crippen LogP contribution in [0.15, 0.2) is 30.5 Å². The van der Waals surface area contributed by atoms with E-state index in [9.17, 15) is 4.79 Å². The fourth-order valence-corrected chi connectivity index (χ4v) is 2.59. The Hall–Kier alpha value is -1.04. The predicted molar refractivity (Wildman–Crippen MR) is 91.3 cm³/mol. The van der Waals surface area contributed by atoms with Crippen molar-refractivity contribution in [3.05, 3.63) is 57.3 Å². The second kappa shape index (κ2) is 7.99. The maximum absolute atomic E-state index is 12.5. The average molecular weight is 364 g/mol. The van der Waals surface area contributed by atoms with Gasteiger partial charge in [0.25, 0.3) is 0 Å². The van der Waals surface area contributed by atoms with Gasteiger partial charge in [0.1, 0.15) is 0 Å². The molecule has 3 N–H and O–H groups in total. The molecule has 4 nitrogen and oxygen atoms in total. The molecule has 1 aromatic heterocycles. The molecule has 1 heterocycles. The van der Waals surface area contributed by atoms with Gasteiger partial charge < -0.3 is 15.4 Å². The van der Waals surface area contributed by atoms with Crippen LogP contribution in [-0.4, -0.2) is 28.1 Å². The van der Waals surface area contributed by atoms with Gasteiger partial charge in [-0.3, -0.25) is 4.79 Å². The van der Waals surface area contributed by atoms with Crippen molar-refractivity contribution in [1.82, 2.24) is 4.57 Å². The molecule has 1 atom stereocenters. The fourth-order valence-electron chi connectivity index (χ4n) is 2.10. The molecular formula is C15H17Cl3N2O2. The van der Waals surface area contributed by atoms with Crippen molar-refractivity contribution in [1.29, 1.82) is 0 Å². The molecule has 0 fully saturated rings. The van der Waals surface area contributed by atoms with Crippen LogP contribution in [0.4, 0.5) is 0 Å². The van der Waals surface area contributed by atoms with Crippen LogP contribution in [0.3, 0.4) is 0 Å². The molecule has 0 bridgehead atoms. The minimum Gasteiger partial charge on any atom is -0.395 e. The van der Waals surface area contributed by atoms with Gasteiger partial charge in [-0.05, 0) is 24.3 Å². The smallest absolute Gasteiger partial charge is 0.196 e. The molecule has 0 radical (unpaired) electrons. The Kier molecular flexibility index (Phi) is 6.91. The number of aliphatic hydroxyl groups excluding tert-OH is 1. The number of benzene rings is 1. The molecule has 2 rings (SSSR count). The Morgan fingerprint density at radius 2 is 2.05 bits per heavy atom. The standard InChI is InChI=1S/C15H16Cl2N2O2.ClH/c1-19-7-9(4-12(19)6-11(18)8-20)15(21)13-3-2-10(16)5-14(13)17;/h2-5,7,11,20H,6,8,18H2,1H3;1H. The van der Waals surface area contributed by atoms with Crippen molar-refractivity contribution in [3.63, 3.8) is 0 Å². The van der Waals surface area contributed by atoms with Crippen molar-refractivity contribution in [3.8, 4) is 0 Å². The van der Waals surface area contributed by atoms with Gasteiger partial charge in [-0.1, -0.05) is 23.2 Å². The number of nitrogens with zero attached hydrogens (tertiary/aromatic N) is 1. The highest BCUT2D eigenvalue weighted by molar-refractivity contribution is 6.37. The number of carbonyl (C=O) groups is 1. The Labute approximate surface area is 145 Å².